The van der Waals surface area contributed by atoms with Crippen LogP contribution in [-0.4, -0.2) is 29.8 Å². The third kappa shape index (κ3) is 6.18. The smallest absolute Gasteiger partial charge is 0.223 e. The summed E-state index contributed by atoms with van der Waals surface area (Å²) in [4.78, 5) is 29.7. The molecule has 1 heterocycles. The van der Waals surface area contributed by atoms with Crippen molar-refractivity contribution in [2.45, 2.75) is 58.4 Å². The van der Waals surface area contributed by atoms with Gasteiger partial charge >= 0.3 is 0 Å². The summed E-state index contributed by atoms with van der Waals surface area (Å²) in [5.74, 6) is 1.84. The molecule has 3 N–H and O–H groups in total. The summed E-state index contributed by atoms with van der Waals surface area (Å²) >= 11 is 0. The molecule has 0 bridgehead atoms. The summed E-state index contributed by atoms with van der Waals surface area (Å²) in [6.07, 6.45) is 4.71. The number of aryl methyl sites for hydroxylation is 2. The van der Waals surface area contributed by atoms with Crippen LogP contribution in [0.4, 0.5) is 5.82 Å². The maximum absolute atomic E-state index is 12.9. The van der Waals surface area contributed by atoms with Crippen LogP contribution in [0.3, 0.4) is 0 Å². The Bertz CT molecular complexity index is 1220. The highest BCUT2D eigenvalue weighted by atomic mass is 16.5. The second-order valence-electron chi connectivity index (χ2n) is 9.80. The largest absolute Gasteiger partial charge is 0.497 e. The van der Waals surface area contributed by atoms with Crippen LogP contribution in [0.1, 0.15) is 49.4 Å². The molecule has 3 aromatic rings. The van der Waals surface area contributed by atoms with Crippen LogP contribution >= 0.6 is 0 Å². The lowest BCUT2D eigenvalue weighted by Gasteiger charge is -2.17. The topological polar surface area (TPSA) is 94.3 Å². The average Bonchev–Trinajstić information content (AvgIpc) is 3.31. The number of hydrogen-bond donors (Lipinski definition) is 2. The first-order chi connectivity index (χ1) is 16.8. The fourth-order valence-corrected chi connectivity index (χ4v) is 5.12. The van der Waals surface area contributed by atoms with E-state index in [0.29, 0.717) is 24.6 Å². The summed E-state index contributed by atoms with van der Waals surface area (Å²) in [5, 5.41) is 5.33. The first-order valence-corrected chi connectivity index (χ1v) is 12.4. The van der Waals surface area contributed by atoms with Gasteiger partial charge in [0.1, 0.15) is 11.6 Å². The molecule has 1 saturated carbocycles. The van der Waals surface area contributed by atoms with Gasteiger partial charge in [-0.05, 0) is 92.0 Å². The van der Waals surface area contributed by atoms with Crippen molar-refractivity contribution in [2.75, 3.05) is 12.8 Å². The molecule has 184 valence electrons. The number of fused-ring (bicyclic) bond motifs is 1. The van der Waals surface area contributed by atoms with E-state index in [9.17, 15) is 9.59 Å². The number of carbonyl (C=O) groups excluding carboxylic acids is 2. The number of nitrogens with one attached hydrogen (secondary N) is 1. The van der Waals surface area contributed by atoms with Gasteiger partial charge in [-0.15, -0.1) is 0 Å². The van der Waals surface area contributed by atoms with Gasteiger partial charge in [0.25, 0.3) is 0 Å². The molecular weight excluding hydrogens is 438 g/mol. The third-order valence-corrected chi connectivity index (χ3v) is 7.25. The predicted molar refractivity (Wildman–Crippen MR) is 139 cm³/mol. The zero-order valence-electron chi connectivity index (χ0n) is 20.8. The van der Waals surface area contributed by atoms with Crippen LogP contribution in [0.5, 0.6) is 5.75 Å². The Morgan fingerprint density at radius 2 is 1.89 bits per heavy atom. The fraction of sp³-hybridized carbons (Fsp3) is 0.414. The molecule has 1 amide bonds. The number of amides is 1. The van der Waals surface area contributed by atoms with Gasteiger partial charge in [-0.1, -0.05) is 30.3 Å². The molecule has 0 saturated heterocycles. The second kappa shape index (κ2) is 10.9. The van der Waals surface area contributed by atoms with E-state index in [1.807, 2.05) is 25.1 Å². The van der Waals surface area contributed by atoms with E-state index in [2.05, 4.69) is 34.6 Å². The molecule has 6 nitrogen and oxygen atoms in total. The van der Waals surface area contributed by atoms with Gasteiger partial charge < -0.3 is 15.8 Å². The van der Waals surface area contributed by atoms with E-state index < -0.39 is 6.04 Å². The molecule has 2 aromatic carbocycles. The number of nitrogens with zero attached hydrogens (tertiary/aromatic N) is 1. The van der Waals surface area contributed by atoms with Crippen molar-refractivity contribution in [2.24, 2.45) is 11.8 Å². The van der Waals surface area contributed by atoms with E-state index in [4.69, 9.17) is 10.5 Å². The fourth-order valence-electron chi connectivity index (χ4n) is 5.12. The molecule has 4 rings (SSSR count). The summed E-state index contributed by atoms with van der Waals surface area (Å²) in [7, 11) is 1.68. The Kier molecular flexibility index (Phi) is 7.69. The molecule has 0 spiro atoms. The standard InChI is InChI=1S/C29H35N3O3/c1-18-22(10-13-28(30)31-18)9-12-27(33)19(2)32-29(34)25-7-5-21(16-25)14-20-4-6-24-17-26(35-3)11-8-23(24)15-20/h4,6,8,10-11,13,15,17,19,21,25H,5,7,9,12,14,16H2,1-3H3,(H2,30,31)(H,32,34)/t19-,21-,25+/m0/s1. The van der Waals surface area contributed by atoms with Gasteiger partial charge in [-0.25, -0.2) is 4.98 Å². The number of rotatable bonds is 9. The lowest BCUT2D eigenvalue weighted by molar-refractivity contribution is -0.129. The third-order valence-electron chi connectivity index (χ3n) is 7.25. The van der Waals surface area contributed by atoms with E-state index in [0.717, 1.165) is 42.7 Å². The summed E-state index contributed by atoms with van der Waals surface area (Å²) < 4.78 is 5.31. The minimum absolute atomic E-state index is 0.00397. The summed E-state index contributed by atoms with van der Waals surface area (Å²) in [6, 6.07) is 15.9. The van der Waals surface area contributed by atoms with Gasteiger partial charge in [-0.2, -0.15) is 0 Å². The zero-order valence-corrected chi connectivity index (χ0v) is 20.8. The number of anilines is 1. The predicted octanol–water partition coefficient (Wildman–Crippen LogP) is 4.80. The van der Waals surface area contributed by atoms with Crippen LogP contribution < -0.4 is 15.8 Å². The highest BCUT2D eigenvalue weighted by Crippen LogP contribution is 2.34. The number of Topliss-reactive ketones (excluding diaryl/α,β-unsaturated/α-hetero) is 1. The Hall–Kier alpha value is -3.41. The maximum atomic E-state index is 12.9. The minimum Gasteiger partial charge on any atom is -0.497 e. The highest BCUT2D eigenvalue weighted by molar-refractivity contribution is 5.89. The summed E-state index contributed by atoms with van der Waals surface area (Å²) in [6.45, 7) is 3.68. The zero-order chi connectivity index (χ0) is 24.9. The minimum atomic E-state index is -0.485. The number of ether oxygens (including phenoxy) is 1. The number of methoxy groups -OCH3 is 1. The van der Waals surface area contributed by atoms with E-state index in [-0.39, 0.29) is 17.6 Å². The molecule has 35 heavy (non-hydrogen) atoms. The van der Waals surface area contributed by atoms with Crippen molar-refractivity contribution in [3.63, 3.8) is 0 Å². The molecule has 0 unspecified atom stereocenters. The maximum Gasteiger partial charge on any atom is 0.223 e. The number of aromatic nitrogens is 1. The van der Waals surface area contributed by atoms with Crippen LogP contribution in [0.15, 0.2) is 48.5 Å². The molecule has 0 radical (unpaired) electrons. The van der Waals surface area contributed by atoms with Crippen molar-refractivity contribution in [3.8, 4) is 5.75 Å². The van der Waals surface area contributed by atoms with Gasteiger partial charge in [0.05, 0.1) is 13.2 Å². The van der Waals surface area contributed by atoms with Crippen LogP contribution in [0.25, 0.3) is 10.8 Å². The highest BCUT2D eigenvalue weighted by Gasteiger charge is 2.31. The summed E-state index contributed by atoms with van der Waals surface area (Å²) in [5.41, 5.74) is 8.85. The lowest BCUT2D eigenvalue weighted by Crippen LogP contribution is -2.41. The van der Waals surface area contributed by atoms with Gasteiger partial charge in [0.2, 0.25) is 5.91 Å². The number of nitrogen functional groups attached to an aromatic ring is 1. The first-order valence-electron chi connectivity index (χ1n) is 12.4. The Labute approximate surface area is 207 Å². The monoisotopic (exact) mass is 473 g/mol. The van der Waals surface area contributed by atoms with E-state index in [1.54, 1.807) is 20.1 Å². The molecule has 0 aliphatic heterocycles. The van der Waals surface area contributed by atoms with E-state index in [1.165, 1.54) is 16.3 Å². The van der Waals surface area contributed by atoms with Crippen LogP contribution in [0.2, 0.25) is 0 Å². The number of hydrogen-bond acceptors (Lipinski definition) is 5. The molecule has 6 heteroatoms. The van der Waals surface area contributed by atoms with Crippen molar-refractivity contribution in [1.29, 1.82) is 0 Å². The molecular formula is C29H35N3O3. The molecule has 1 aromatic heterocycles. The van der Waals surface area contributed by atoms with Crippen molar-refractivity contribution < 1.29 is 14.3 Å². The molecule has 1 fully saturated rings. The number of pyridine rings is 1. The Morgan fingerprint density at radius 3 is 2.66 bits per heavy atom. The first kappa shape index (κ1) is 24.7. The van der Waals surface area contributed by atoms with Crippen molar-refractivity contribution >= 4 is 28.3 Å². The average molecular weight is 474 g/mol. The van der Waals surface area contributed by atoms with Gasteiger partial charge in [0, 0.05) is 18.0 Å². The van der Waals surface area contributed by atoms with E-state index >= 15 is 0 Å². The number of carbonyl (C=O) groups is 2. The lowest BCUT2D eigenvalue weighted by atomic mass is 9.94. The Balaban J connectivity index is 1.26. The van der Waals surface area contributed by atoms with Gasteiger partial charge in [-0.3, -0.25) is 9.59 Å². The molecule has 3 atom stereocenters. The number of benzene rings is 2. The second-order valence-corrected chi connectivity index (χ2v) is 9.80. The number of ketones is 1. The Morgan fingerprint density at radius 1 is 1.11 bits per heavy atom. The van der Waals surface area contributed by atoms with Crippen molar-refractivity contribution in [3.05, 3.63) is 65.4 Å². The normalized spacial score (nSPS) is 18.4. The van der Waals surface area contributed by atoms with Crippen molar-refractivity contribution in [1.82, 2.24) is 10.3 Å². The number of nitrogens with two attached hydrogens (primary N) is 1. The van der Waals surface area contributed by atoms with Crippen LogP contribution in [0, 0.1) is 18.8 Å². The molecule has 1 aliphatic carbocycles. The quantitative estimate of drug-likeness (QED) is 0.466. The molecule has 1 aliphatic rings. The SMILES string of the molecule is COc1ccc2cc(C[C@@H]3CC[C@@H](C(=O)N[C@@H](C)C(=O)CCc4ccc(N)nc4C)C3)ccc2c1. The van der Waals surface area contributed by atoms with Crippen LogP contribution in [-0.2, 0) is 22.4 Å². The van der Waals surface area contributed by atoms with Gasteiger partial charge in [0.15, 0.2) is 5.78 Å².